The summed E-state index contributed by atoms with van der Waals surface area (Å²) in [5.74, 6) is 0. The maximum atomic E-state index is 10.3. The second-order valence-corrected chi connectivity index (χ2v) is 12.8. The third-order valence-corrected chi connectivity index (χ3v) is 7.33. The molecule has 0 aromatic heterocycles. The van der Waals surface area contributed by atoms with Crippen molar-refractivity contribution in [1.82, 2.24) is 0 Å². The van der Waals surface area contributed by atoms with Gasteiger partial charge in [0.15, 0.2) is 8.32 Å². The smallest absolute Gasteiger partial charge is 0.331 e. The van der Waals surface area contributed by atoms with Crippen LogP contribution in [0.2, 0.25) is 26.2 Å². The Bertz CT molecular complexity index is 98.5. The van der Waals surface area contributed by atoms with Crippen LogP contribution in [0, 0.1) is 0 Å². The van der Waals surface area contributed by atoms with E-state index in [0.29, 0.717) is 0 Å². The van der Waals surface area contributed by atoms with Crippen LogP contribution >= 0.6 is 0 Å². The Morgan fingerprint density at radius 2 is 1.89 bits per heavy atom. The van der Waals surface area contributed by atoms with E-state index in [1.165, 1.54) is 0 Å². The van der Waals surface area contributed by atoms with E-state index in [1.54, 1.807) is 0 Å². The second kappa shape index (κ2) is 3.55. The van der Waals surface area contributed by atoms with Crippen molar-refractivity contribution >= 4 is 25.8 Å². The lowest BCUT2D eigenvalue weighted by atomic mass is 11.8. The molecule has 5 heteroatoms. The van der Waals surface area contributed by atoms with E-state index in [4.69, 9.17) is 4.12 Å². The zero-order valence-corrected chi connectivity index (χ0v) is 9.55. The molecule has 0 heterocycles. The van der Waals surface area contributed by atoms with Crippen molar-refractivity contribution in [3.63, 3.8) is 0 Å². The van der Waals surface area contributed by atoms with Crippen LogP contribution in [0.5, 0.6) is 0 Å². The number of rotatable bonds is 3. The highest BCUT2D eigenvalue weighted by Crippen LogP contribution is 2.02. The van der Waals surface area contributed by atoms with Gasteiger partial charge >= 0.3 is 8.92 Å². The molecule has 0 aromatic rings. The molecule has 0 fully saturated rings. The summed E-state index contributed by atoms with van der Waals surface area (Å²) in [5.41, 5.74) is 0. The molecule has 0 saturated carbocycles. The lowest BCUT2D eigenvalue weighted by molar-refractivity contribution is 0.562. The summed E-state index contributed by atoms with van der Waals surface area (Å²) in [6, 6.07) is 0. The van der Waals surface area contributed by atoms with Crippen molar-refractivity contribution in [1.29, 1.82) is 0 Å². The van der Waals surface area contributed by atoms with E-state index in [1.807, 2.05) is 6.55 Å². The predicted molar refractivity (Wildman–Crippen MR) is 43.9 cm³/mol. The van der Waals surface area contributed by atoms with Crippen molar-refractivity contribution in [3.8, 4) is 0 Å². The van der Waals surface area contributed by atoms with Gasteiger partial charge in [-0.15, -0.1) is 0 Å². The van der Waals surface area contributed by atoms with Gasteiger partial charge in [0.05, 0.1) is 0 Å². The Morgan fingerprint density at radius 3 is 2.00 bits per heavy atom. The molecule has 0 spiro atoms. The van der Waals surface area contributed by atoms with Crippen LogP contribution in [0.3, 0.4) is 0 Å². The van der Waals surface area contributed by atoms with Gasteiger partial charge in [-0.1, -0.05) is 0 Å². The van der Waals surface area contributed by atoms with Gasteiger partial charge < -0.3 is 8.58 Å². The van der Waals surface area contributed by atoms with Gasteiger partial charge in [0, 0.05) is 0 Å². The molecule has 9 heavy (non-hydrogen) atoms. The fourth-order valence-electron chi connectivity index (χ4n) is 0.554. The van der Waals surface area contributed by atoms with Crippen LogP contribution in [0.15, 0.2) is 0 Å². The summed E-state index contributed by atoms with van der Waals surface area (Å²) in [4.78, 5) is 0. The highest BCUT2D eigenvalue weighted by molar-refractivity contribution is 7.05. The lowest BCUT2D eigenvalue weighted by Gasteiger charge is -2.18. The molecule has 0 bridgehead atoms. The fourth-order valence-corrected chi connectivity index (χ4v) is 8.60. The summed E-state index contributed by atoms with van der Waals surface area (Å²) >= 11 is 0. The van der Waals surface area contributed by atoms with E-state index in [0.717, 1.165) is 0 Å². The molecule has 0 rings (SSSR count). The van der Waals surface area contributed by atoms with Gasteiger partial charge in [-0.05, 0) is 26.2 Å². The van der Waals surface area contributed by atoms with Crippen molar-refractivity contribution in [2.75, 3.05) is 0 Å². The van der Waals surface area contributed by atoms with Gasteiger partial charge in [-0.2, -0.15) is 0 Å². The Hall–Kier alpha value is 0.411. The minimum Gasteiger partial charge on any atom is -0.455 e. The van der Waals surface area contributed by atoms with Crippen LogP contribution in [-0.2, 0) is 8.58 Å². The van der Waals surface area contributed by atoms with E-state index in [-0.39, 0.29) is 8.92 Å². The first-order valence-electron chi connectivity index (χ1n) is 3.01. The first-order valence-corrected chi connectivity index (χ1v) is 10.8. The topological polar surface area (TPSA) is 26.3 Å². The Morgan fingerprint density at radius 1 is 1.44 bits per heavy atom. The van der Waals surface area contributed by atoms with Gasteiger partial charge in [-0.3, -0.25) is 0 Å². The number of hydrogen-bond donors (Lipinski definition) is 0. The highest BCUT2D eigenvalue weighted by Gasteiger charge is 2.18. The lowest BCUT2D eigenvalue weighted by Crippen LogP contribution is -2.34. The SMILES string of the molecule is C[SiH](O[Si](C)(C)C)[Si]=O. The summed E-state index contributed by atoms with van der Waals surface area (Å²) in [5, 5.41) is 0. The molecule has 0 amide bonds. The largest absolute Gasteiger partial charge is 0.455 e. The fraction of sp³-hybridized carbons (Fsp3) is 1.00. The first-order chi connectivity index (χ1) is 3.95. The Balaban J connectivity index is 3.59. The molecular weight excluding hydrogens is 164 g/mol. The summed E-state index contributed by atoms with van der Waals surface area (Å²) in [7, 11) is -2.84. The van der Waals surface area contributed by atoms with Gasteiger partial charge in [0.2, 0.25) is 8.56 Å². The minimum atomic E-state index is -1.37. The van der Waals surface area contributed by atoms with Crippen LogP contribution in [0.25, 0.3) is 0 Å². The molecule has 2 nitrogen and oxygen atoms in total. The molecule has 1 radical (unpaired) electrons. The summed E-state index contributed by atoms with van der Waals surface area (Å²) in [6.07, 6.45) is 0. The molecule has 1 unspecified atom stereocenters. The van der Waals surface area contributed by atoms with Crippen molar-refractivity contribution in [2.45, 2.75) is 26.2 Å². The molecule has 0 aromatic carbocycles. The van der Waals surface area contributed by atoms with E-state index >= 15 is 0 Å². The van der Waals surface area contributed by atoms with E-state index in [2.05, 4.69) is 19.6 Å². The van der Waals surface area contributed by atoms with Crippen LogP contribution in [-0.4, -0.2) is 25.8 Å². The first kappa shape index (κ1) is 9.41. The average molecular weight is 177 g/mol. The third kappa shape index (κ3) is 6.29. The molecule has 0 N–H and O–H groups in total. The molecule has 0 saturated heterocycles. The molecule has 53 valence electrons. The predicted octanol–water partition coefficient (Wildman–Crippen LogP) is 0.738. The minimum absolute atomic E-state index is 0.194. The average Bonchev–Trinajstić information content (AvgIpc) is 1.62. The van der Waals surface area contributed by atoms with E-state index in [9.17, 15) is 4.46 Å². The Kier molecular flexibility index (Phi) is 3.71. The van der Waals surface area contributed by atoms with Gasteiger partial charge in [0.1, 0.15) is 0 Å². The monoisotopic (exact) mass is 177 g/mol. The van der Waals surface area contributed by atoms with Crippen molar-refractivity contribution < 1.29 is 8.58 Å². The highest BCUT2D eigenvalue weighted by atomic mass is 29.2. The van der Waals surface area contributed by atoms with Crippen molar-refractivity contribution in [3.05, 3.63) is 0 Å². The molecular formula is C4H13O2Si3. The quantitative estimate of drug-likeness (QED) is 0.594. The van der Waals surface area contributed by atoms with Crippen molar-refractivity contribution in [2.24, 2.45) is 0 Å². The standard InChI is InChI=1S/C4H13O2Si3/c1-8(7-5)6-9(2,3)4/h8H,1-4H3. The summed E-state index contributed by atoms with van der Waals surface area (Å²) < 4.78 is 15.9. The maximum Gasteiger partial charge on any atom is 0.331 e. The van der Waals surface area contributed by atoms with E-state index < -0.39 is 16.9 Å². The third-order valence-electron chi connectivity index (χ3n) is 0.696. The normalized spacial score (nSPS) is 15.1. The zero-order chi connectivity index (χ0) is 7.49. The molecule has 0 aliphatic heterocycles. The molecule has 0 aliphatic rings. The molecule has 1 atom stereocenters. The van der Waals surface area contributed by atoms with Gasteiger partial charge in [0.25, 0.3) is 0 Å². The summed E-state index contributed by atoms with van der Waals surface area (Å²) in [6.45, 7) is 8.34. The maximum absolute atomic E-state index is 10.3. The Labute approximate surface area is 61.1 Å². The van der Waals surface area contributed by atoms with Gasteiger partial charge in [-0.25, -0.2) is 0 Å². The zero-order valence-electron chi connectivity index (χ0n) is 6.39. The van der Waals surface area contributed by atoms with Crippen LogP contribution in [0.4, 0.5) is 0 Å². The van der Waals surface area contributed by atoms with Crippen LogP contribution in [0.1, 0.15) is 0 Å². The molecule has 0 aliphatic carbocycles. The second-order valence-electron chi connectivity index (χ2n) is 2.99. The number of hydrogen-bond acceptors (Lipinski definition) is 2. The van der Waals surface area contributed by atoms with Crippen LogP contribution < -0.4 is 0 Å².